The summed E-state index contributed by atoms with van der Waals surface area (Å²) in [5, 5.41) is 3.12. The number of anilines is 1. The van der Waals surface area contributed by atoms with Crippen LogP contribution < -0.4 is 11.1 Å². The third kappa shape index (κ3) is 4.21. The predicted octanol–water partition coefficient (Wildman–Crippen LogP) is 1.36. The third-order valence-electron chi connectivity index (χ3n) is 3.59. The molecule has 1 aromatic carbocycles. The fourth-order valence-corrected chi connectivity index (χ4v) is 2.18. The van der Waals surface area contributed by atoms with E-state index in [1.165, 1.54) is 11.1 Å². The van der Waals surface area contributed by atoms with Gasteiger partial charge in [-0.15, -0.1) is 0 Å². The van der Waals surface area contributed by atoms with Gasteiger partial charge < -0.3 is 20.7 Å². The number of nitrogens with zero attached hydrogens (tertiary/aromatic N) is 2. The number of nitrogens with one attached hydrogen (secondary N) is 1. The maximum atomic E-state index is 5.92. The van der Waals surface area contributed by atoms with Crippen molar-refractivity contribution in [3.8, 4) is 0 Å². The van der Waals surface area contributed by atoms with Crippen molar-refractivity contribution in [1.82, 2.24) is 4.90 Å². The van der Waals surface area contributed by atoms with Crippen LogP contribution in [0.15, 0.2) is 23.2 Å². The van der Waals surface area contributed by atoms with Crippen molar-refractivity contribution in [3.05, 3.63) is 29.3 Å². The lowest BCUT2D eigenvalue weighted by molar-refractivity contribution is -0.0136. The van der Waals surface area contributed by atoms with Crippen molar-refractivity contribution in [2.24, 2.45) is 10.7 Å². The van der Waals surface area contributed by atoms with E-state index >= 15 is 0 Å². The Morgan fingerprint density at radius 1 is 1.45 bits per heavy atom. The highest BCUT2D eigenvalue weighted by Crippen LogP contribution is 2.13. The summed E-state index contributed by atoms with van der Waals surface area (Å²) in [5.41, 5.74) is 9.39. The lowest BCUT2D eigenvalue weighted by atomic mass is 10.1. The monoisotopic (exact) mass is 276 g/mol. The van der Waals surface area contributed by atoms with Crippen LogP contribution in [0.2, 0.25) is 0 Å². The summed E-state index contributed by atoms with van der Waals surface area (Å²) in [7, 11) is 2.09. The van der Waals surface area contributed by atoms with E-state index in [4.69, 9.17) is 10.5 Å². The highest BCUT2D eigenvalue weighted by Gasteiger charge is 2.16. The molecule has 1 unspecified atom stereocenters. The number of hydrogen-bond acceptors (Lipinski definition) is 3. The molecule has 20 heavy (non-hydrogen) atoms. The zero-order valence-electron chi connectivity index (χ0n) is 12.5. The SMILES string of the molecule is Cc1ccc(NC(N)=NCC2CN(C)CCO2)cc1C. The molecule has 1 saturated heterocycles. The van der Waals surface area contributed by atoms with Gasteiger partial charge in [0.25, 0.3) is 0 Å². The number of aryl methyl sites for hydroxylation is 2. The summed E-state index contributed by atoms with van der Waals surface area (Å²) in [6, 6.07) is 6.16. The van der Waals surface area contributed by atoms with E-state index in [1.54, 1.807) is 0 Å². The van der Waals surface area contributed by atoms with Gasteiger partial charge in [-0.25, -0.2) is 0 Å². The normalized spacial score (nSPS) is 20.9. The first-order valence-corrected chi connectivity index (χ1v) is 6.99. The van der Waals surface area contributed by atoms with Crippen molar-refractivity contribution in [2.75, 3.05) is 38.6 Å². The lowest BCUT2D eigenvalue weighted by Gasteiger charge is -2.29. The molecule has 5 heteroatoms. The smallest absolute Gasteiger partial charge is 0.193 e. The Kier molecular flexibility index (Phi) is 4.98. The Bertz CT molecular complexity index is 487. The van der Waals surface area contributed by atoms with Gasteiger partial charge in [-0.3, -0.25) is 4.99 Å². The van der Waals surface area contributed by atoms with Crippen LogP contribution >= 0.6 is 0 Å². The topological polar surface area (TPSA) is 62.9 Å². The van der Waals surface area contributed by atoms with Crippen molar-refractivity contribution >= 4 is 11.6 Å². The molecule has 1 aromatic rings. The van der Waals surface area contributed by atoms with Gasteiger partial charge in [-0.05, 0) is 44.2 Å². The third-order valence-corrected chi connectivity index (χ3v) is 3.59. The average Bonchev–Trinajstić information content (AvgIpc) is 2.41. The number of nitrogens with two attached hydrogens (primary N) is 1. The van der Waals surface area contributed by atoms with Gasteiger partial charge in [-0.1, -0.05) is 6.07 Å². The molecule has 0 bridgehead atoms. The van der Waals surface area contributed by atoms with Crippen LogP contribution in [0.1, 0.15) is 11.1 Å². The molecule has 0 amide bonds. The van der Waals surface area contributed by atoms with Crippen molar-refractivity contribution < 1.29 is 4.74 Å². The van der Waals surface area contributed by atoms with Crippen molar-refractivity contribution in [2.45, 2.75) is 20.0 Å². The van der Waals surface area contributed by atoms with Crippen LogP contribution in [-0.2, 0) is 4.74 Å². The molecule has 110 valence electrons. The Hall–Kier alpha value is -1.59. The number of morpholine rings is 1. The number of benzene rings is 1. The first kappa shape index (κ1) is 14.8. The summed E-state index contributed by atoms with van der Waals surface area (Å²) >= 11 is 0. The fourth-order valence-electron chi connectivity index (χ4n) is 2.18. The van der Waals surface area contributed by atoms with Crippen LogP contribution in [0, 0.1) is 13.8 Å². The molecule has 0 aliphatic carbocycles. The Morgan fingerprint density at radius 3 is 2.95 bits per heavy atom. The van der Waals surface area contributed by atoms with E-state index in [0.29, 0.717) is 12.5 Å². The second-order valence-corrected chi connectivity index (χ2v) is 5.41. The average molecular weight is 276 g/mol. The first-order valence-electron chi connectivity index (χ1n) is 6.99. The molecule has 0 radical (unpaired) electrons. The largest absolute Gasteiger partial charge is 0.374 e. The number of ether oxygens (including phenoxy) is 1. The summed E-state index contributed by atoms with van der Waals surface area (Å²) in [4.78, 5) is 6.61. The number of guanidine groups is 1. The van der Waals surface area contributed by atoms with E-state index in [2.05, 4.69) is 48.2 Å². The summed E-state index contributed by atoms with van der Waals surface area (Å²) < 4.78 is 5.65. The highest BCUT2D eigenvalue weighted by atomic mass is 16.5. The molecule has 1 fully saturated rings. The van der Waals surface area contributed by atoms with Crippen molar-refractivity contribution in [3.63, 3.8) is 0 Å². The van der Waals surface area contributed by atoms with E-state index in [9.17, 15) is 0 Å². The number of likely N-dealkylation sites (N-methyl/N-ethyl adjacent to an activating group) is 1. The summed E-state index contributed by atoms with van der Waals surface area (Å²) in [6.45, 7) is 7.42. The van der Waals surface area contributed by atoms with Gasteiger partial charge in [0.2, 0.25) is 0 Å². The maximum absolute atomic E-state index is 5.92. The number of rotatable bonds is 3. The van der Waals surface area contributed by atoms with Gasteiger partial charge in [0.15, 0.2) is 5.96 Å². The van der Waals surface area contributed by atoms with Crippen LogP contribution in [-0.4, -0.2) is 50.3 Å². The zero-order valence-corrected chi connectivity index (χ0v) is 12.5. The fraction of sp³-hybridized carbons (Fsp3) is 0.533. The molecule has 1 atom stereocenters. The second kappa shape index (κ2) is 6.72. The molecular weight excluding hydrogens is 252 g/mol. The zero-order chi connectivity index (χ0) is 14.5. The first-order chi connectivity index (χ1) is 9.54. The Balaban J connectivity index is 1.88. The maximum Gasteiger partial charge on any atom is 0.193 e. The van der Waals surface area contributed by atoms with Gasteiger partial charge in [-0.2, -0.15) is 0 Å². The van der Waals surface area contributed by atoms with Crippen LogP contribution in [0.5, 0.6) is 0 Å². The van der Waals surface area contributed by atoms with Gasteiger partial charge >= 0.3 is 0 Å². The van der Waals surface area contributed by atoms with Crippen LogP contribution in [0.25, 0.3) is 0 Å². The molecule has 0 saturated carbocycles. The Morgan fingerprint density at radius 2 is 2.25 bits per heavy atom. The van der Waals surface area contributed by atoms with E-state index < -0.39 is 0 Å². The quantitative estimate of drug-likeness (QED) is 0.646. The Labute approximate surface area is 120 Å². The minimum atomic E-state index is 0.133. The molecule has 0 aromatic heterocycles. The predicted molar refractivity (Wildman–Crippen MR) is 83.3 cm³/mol. The molecule has 3 N–H and O–H groups in total. The van der Waals surface area contributed by atoms with Crippen LogP contribution in [0.4, 0.5) is 5.69 Å². The molecule has 1 heterocycles. The second-order valence-electron chi connectivity index (χ2n) is 5.41. The molecule has 5 nitrogen and oxygen atoms in total. The lowest BCUT2D eigenvalue weighted by Crippen LogP contribution is -2.41. The van der Waals surface area contributed by atoms with Gasteiger partial charge in [0.1, 0.15) is 0 Å². The minimum Gasteiger partial charge on any atom is -0.374 e. The molecule has 0 spiro atoms. The van der Waals surface area contributed by atoms with Crippen molar-refractivity contribution in [1.29, 1.82) is 0 Å². The van der Waals surface area contributed by atoms with Crippen LogP contribution in [0.3, 0.4) is 0 Å². The minimum absolute atomic E-state index is 0.133. The molecular formula is C15H24N4O. The molecule has 1 aliphatic rings. The number of hydrogen-bond donors (Lipinski definition) is 2. The van der Waals surface area contributed by atoms with E-state index in [-0.39, 0.29) is 6.10 Å². The molecule has 1 aliphatic heterocycles. The van der Waals surface area contributed by atoms with Gasteiger partial charge in [0, 0.05) is 18.8 Å². The number of aliphatic imine (C=N–C) groups is 1. The van der Waals surface area contributed by atoms with Gasteiger partial charge in [0.05, 0.1) is 19.3 Å². The summed E-state index contributed by atoms with van der Waals surface area (Å²) in [5.74, 6) is 0.435. The summed E-state index contributed by atoms with van der Waals surface area (Å²) in [6.07, 6.45) is 0.133. The standard InChI is InChI=1S/C15H24N4O/c1-11-4-5-13(8-12(11)2)18-15(16)17-9-14-10-19(3)6-7-20-14/h4-5,8,14H,6-7,9-10H2,1-3H3,(H3,16,17,18). The highest BCUT2D eigenvalue weighted by molar-refractivity contribution is 5.92. The van der Waals surface area contributed by atoms with E-state index in [0.717, 1.165) is 25.4 Å². The van der Waals surface area contributed by atoms with E-state index in [1.807, 2.05) is 6.07 Å². The molecule has 2 rings (SSSR count).